The summed E-state index contributed by atoms with van der Waals surface area (Å²) in [5.74, 6) is 0.856. The van der Waals surface area contributed by atoms with E-state index in [0.29, 0.717) is 12.3 Å². The Hall–Kier alpha value is -2.42. The van der Waals surface area contributed by atoms with Crippen molar-refractivity contribution in [1.82, 2.24) is 14.4 Å². The van der Waals surface area contributed by atoms with Gasteiger partial charge in [0, 0.05) is 39.3 Å². The average molecular weight is 445 g/mol. The lowest BCUT2D eigenvalue weighted by Crippen LogP contribution is -2.44. The molecule has 8 heteroatoms. The molecule has 1 aromatic heterocycles. The van der Waals surface area contributed by atoms with E-state index in [4.69, 9.17) is 26.0 Å². The molecule has 0 spiro atoms. The molecule has 1 aromatic rings. The fourth-order valence-electron chi connectivity index (χ4n) is 3.69. The van der Waals surface area contributed by atoms with Gasteiger partial charge in [-0.2, -0.15) is 0 Å². The van der Waals surface area contributed by atoms with Crippen molar-refractivity contribution in [3.05, 3.63) is 47.1 Å². The predicted molar refractivity (Wildman–Crippen MR) is 129 cm³/mol. The van der Waals surface area contributed by atoms with E-state index in [2.05, 4.69) is 18.7 Å². The Morgan fingerprint density at radius 1 is 1.34 bits per heavy atom. The second-order valence-electron chi connectivity index (χ2n) is 8.23. The van der Waals surface area contributed by atoms with Crippen LogP contribution in [0, 0.1) is 10.8 Å². The van der Waals surface area contributed by atoms with Crippen LogP contribution >= 0.6 is 0 Å². The molecule has 2 heterocycles. The summed E-state index contributed by atoms with van der Waals surface area (Å²) in [5.41, 5.74) is 8.66. The van der Waals surface area contributed by atoms with Gasteiger partial charge in [0.15, 0.2) is 0 Å². The maximum atomic E-state index is 8.61. The Morgan fingerprint density at radius 2 is 2.03 bits per heavy atom. The number of allylic oxidation sites excluding steroid dienone is 1. The summed E-state index contributed by atoms with van der Waals surface area (Å²) in [7, 11) is 1.88. The number of ether oxygens (including phenoxy) is 2. The monoisotopic (exact) mass is 444 g/mol. The Morgan fingerprint density at radius 3 is 2.66 bits per heavy atom. The number of rotatable bonds is 9. The molecule has 0 aromatic carbocycles. The molecular weight excluding hydrogens is 404 g/mol. The van der Waals surface area contributed by atoms with E-state index >= 15 is 0 Å². The van der Waals surface area contributed by atoms with Gasteiger partial charge < -0.3 is 20.1 Å². The molecule has 1 aliphatic rings. The van der Waals surface area contributed by atoms with Crippen LogP contribution < -0.4 is 16.0 Å². The van der Waals surface area contributed by atoms with Crippen molar-refractivity contribution in [3.63, 3.8) is 0 Å². The van der Waals surface area contributed by atoms with Gasteiger partial charge in [-0.25, -0.2) is 0 Å². The summed E-state index contributed by atoms with van der Waals surface area (Å²) in [6.45, 7) is 13.0. The van der Waals surface area contributed by atoms with Crippen LogP contribution in [0.4, 0.5) is 0 Å². The van der Waals surface area contributed by atoms with Crippen LogP contribution in [0.15, 0.2) is 41.6 Å². The molecule has 1 fully saturated rings. The summed E-state index contributed by atoms with van der Waals surface area (Å²) < 4.78 is 13.2. The molecule has 1 saturated heterocycles. The maximum Gasteiger partial charge on any atom is 0.203 e. The van der Waals surface area contributed by atoms with E-state index in [1.165, 1.54) is 0 Å². The molecule has 2 unspecified atom stereocenters. The zero-order valence-corrected chi connectivity index (χ0v) is 20.2. The number of aromatic nitrogens is 1. The third kappa shape index (κ3) is 7.05. The number of hydrogen-bond donors (Lipinski definition) is 3. The van der Waals surface area contributed by atoms with Gasteiger partial charge in [-0.3, -0.25) is 20.3 Å². The molecule has 178 valence electrons. The molecular formula is C24H40N6O2. The molecule has 0 aliphatic carbocycles. The number of likely N-dealkylation sites (N-methyl/N-ethyl adjacent to an activating group) is 1. The highest BCUT2D eigenvalue weighted by Gasteiger charge is 2.17. The number of nitrogens with two attached hydrogens (primary N) is 1. The number of nitrogens with one attached hydrogen (secondary N) is 2. The molecule has 8 nitrogen and oxygen atoms in total. The lowest BCUT2D eigenvalue weighted by Gasteiger charge is -2.29. The van der Waals surface area contributed by atoms with Gasteiger partial charge in [-0.1, -0.05) is 19.1 Å². The lowest BCUT2D eigenvalue weighted by atomic mass is 9.97. The first-order valence-corrected chi connectivity index (χ1v) is 11.4. The van der Waals surface area contributed by atoms with Gasteiger partial charge in [0.1, 0.15) is 17.3 Å². The second-order valence-corrected chi connectivity index (χ2v) is 8.23. The minimum Gasteiger partial charge on any atom is -0.484 e. The van der Waals surface area contributed by atoms with Gasteiger partial charge in [0.05, 0.1) is 19.4 Å². The first kappa shape index (κ1) is 25.8. The van der Waals surface area contributed by atoms with Gasteiger partial charge in [0.2, 0.25) is 5.96 Å². The van der Waals surface area contributed by atoms with E-state index in [1.807, 2.05) is 37.9 Å². The minimum absolute atomic E-state index is 0.0129. The van der Waals surface area contributed by atoms with Crippen LogP contribution in [0.2, 0.25) is 0 Å². The number of nitrogens with zero attached hydrogens (tertiary/aromatic N) is 3. The van der Waals surface area contributed by atoms with Crippen molar-refractivity contribution in [1.29, 1.82) is 10.8 Å². The average Bonchev–Trinajstić information content (AvgIpc) is 2.81. The smallest absolute Gasteiger partial charge is 0.203 e. The molecule has 2 atom stereocenters. The zero-order chi connectivity index (χ0) is 23.7. The molecule has 0 saturated carbocycles. The number of morpholine rings is 1. The Kier molecular flexibility index (Phi) is 10.2. The standard InChI is InChI=1S/C24H40N6O2/c1-6-8-21(18(3)22(25)7-2)19(4)32-20-9-10-23(26)30(17-20)24(27)28(5)11-12-29-13-15-31-16-14-29/h6,8-10,17,19,22,26-27H,7,11-16,25H2,1-5H3. The van der Waals surface area contributed by atoms with Gasteiger partial charge in [-0.15, -0.1) is 0 Å². The molecule has 32 heavy (non-hydrogen) atoms. The van der Waals surface area contributed by atoms with Crippen LogP contribution in [0.1, 0.15) is 34.1 Å². The van der Waals surface area contributed by atoms with Crippen LogP contribution in [0.5, 0.6) is 5.75 Å². The normalized spacial score (nSPS) is 17.7. The Balaban J connectivity index is 2.13. The second kappa shape index (κ2) is 12.6. The van der Waals surface area contributed by atoms with Gasteiger partial charge in [-0.05, 0) is 50.5 Å². The summed E-state index contributed by atoms with van der Waals surface area (Å²) in [5, 5.41) is 16.9. The fourth-order valence-corrected chi connectivity index (χ4v) is 3.69. The zero-order valence-electron chi connectivity index (χ0n) is 20.2. The Labute approximate surface area is 192 Å². The van der Waals surface area contributed by atoms with Crippen LogP contribution in [0.25, 0.3) is 0 Å². The molecule has 0 bridgehead atoms. The minimum atomic E-state index is -0.206. The van der Waals surface area contributed by atoms with E-state index in [-0.39, 0.29) is 23.6 Å². The van der Waals surface area contributed by atoms with Crippen LogP contribution in [-0.4, -0.2) is 78.9 Å². The van der Waals surface area contributed by atoms with Crippen molar-refractivity contribution in [3.8, 4) is 5.75 Å². The van der Waals surface area contributed by atoms with Crippen molar-refractivity contribution < 1.29 is 9.47 Å². The Bertz CT molecular complexity index is 869. The van der Waals surface area contributed by atoms with Crippen molar-refractivity contribution >= 4 is 5.96 Å². The number of pyridine rings is 1. The van der Waals surface area contributed by atoms with E-state index in [0.717, 1.165) is 50.4 Å². The van der Waals surface area contributed by atoms with Crippen LogP contribution in [-0.2, 0) is 4.74 Å². The molecule has 1 aliphatic heterocycles. The highest BCUT2D eigenvalue weighted by molar-refractivity contribution is 5.79. The SMILES string of the molecule is CC=CC(=C(C)C(N)CC)C(C)Oc1ccc(=N)n(C(=N)N(C)CCN2CCOCC2)c1. The molecule has 4 N–H and O–H groups in total. The van der Waals surface area contributed by atoms with Crippen LogP contribution in [0.3, 0.4) is 0 Å². The van der Waals surface area contributed by atoms with E-state index in [9.17, 15) is 0 Å². The molecule has 0 amide bonds. The van der Waals surface area contributed by atoms with Gasteiger partial charge >= 0.3 is 0 Å². The third-order valence-electron chi connectivity index (χ3n) is 5.91. The summed E-state index contributed by atoms with van der Waals surface area (Å²) in [4.78, 5) is 4.19. The largest absolute Gasteiger partial charge is 0.484 e. The lowest BCUT2D eigenvalue weighted by molar-refractivity contribution is 0.0364. The molecule has 2 rings (SSSR count). The first-order chi connectivity index (χ1) is 15.3. The van der Waals surface area contributed by atoms with Gasteiger partial charge in [0.25, 0.3) is 0 Å². The summed E-state index contributed by atoms with van der Waals surface area (Å²) in [6, 6.07) is 3.43. The van der Waals surface area contributed by atoms with Crippen molar-refractivity contribution in [2.75, 3.05) is 46.4 Å². The number of hydrogen-bond acceptors (Lipinski definition) is 6. The highest BCUT2D eigenvalue weighted by atomic mass is 16.5. The topological polar surface area (TPSA) is 104 Å². The highest BCUT2D eigenvalue weighted by Crippen LogP contribution is 2.20. The van der Waals surface area contributed by atoms with E-state index in [1.54, 1.807) is 22.9 Å². The van der Waals surface area contributed by atoms with Crippen molar-refractivity contribution in [2.24, 2.45) is 5.73 Å². The maximum absolute atomic E-state index is 8.61. The van der Waals surface area contributed by atoms with Crippen molar-refractivity contribution in [2.45, 2.75) is 46.3 Å². The fraction of sp³-hybridized carbons (Fsp3) is 0.583. The molecule has 0 radical (unpaired) electrons. The predicted octanol–water partition coefficient (Wildman–Crippen LogP) is 2.41. The van der Waals surface area contributed by atoms with E-state index < -0.39 is 0 Å². The first-order valence-electron chi connectivity index (χ1n) is 11.4. The third-order valence-corrected chi connectivity index (χ3v) is 5.91. The quantitative estimate of drug-likeness (QED) is 0.308. The summed E-state index contributed by atoms with van der Waals surface area (Å²) >= 11 is 0. The summed E-state index contributed by atoms with van der Waals surface area (Å²) in [6.07, 6.45) is 6.41.